The van der Waals surface area contributed by atoms with E-state index in [-0.39, 0.29) is 19.3 Å². The second-order valence-electron chi connectivity index (χ2n) is 7.98. The predicted molar refractivity (Wildman–Crippen MR) is 116 cm³/mol. The van der Waals surface area contributed by atoms with E-state index in [1.807, 2.05) is 60.7 Å². The molecule has 1 saturated carbocycles. The van der Waals surface area contributed by atoms with Gasteiger partial charge < -0.3 is 29.6 Å². The van der Waals surface area contributed by atoms with Gasteiger partial charge in [0.1, 0.15) is 13.2 Å². The van der Waals surface area contributed by atoms with Gasteiger partial charge in [-0.15, -0.1) is 0 Å². The summed E-state index contributed by atoms with van der Waals surface area (Å²) in [6, 6.07) is 18.1. The molecule has 2 N–H and O–H groups in total. The number of amides is 2. The van der Waals surface area contributed by atoms with E-state index in [2.05, 4.69) is 10.6 Å². The van der Waals surface area contributed by atoms with Crippen LogP contribution in [-0.2, 0) is 32.2 Å². The third-order valence-electron chi connectivity index (χ3n) is 5.70. The Morgan fingerprint density at radius 1 is 0.812 bits per heavy atom. The number of hydrogen-bond donors (Lipinski definition) is 2. The van der Waals surface area contributed by atoms with Crippen molar-refractivity contribution in [1.29, 1.82) is 0 Å². The summed E-state index contributed by atoms with van der Waals surface area (Å²) in [6.07, 6.45) is 0.514. The van der Waals surface area contributed by atoms with E-state index in [4.69, 9.17) is 18.9 Å². The lowest BCUT2D eigenvalue weighted by molar-refractivity contribution is -0.184. The van der Waals surface area contributed by atoms with Crippen LogP contribution in [0.5, 0.6) is 0 Å². The van der Waals surface area contributed by atoms with Gasteiger partial charge in [-0.05, 0) is 17.5 Å². The van der Waals surface area contributed by atoms with Gasteiger partial charge in [-0.1, -0.05) is 60.7 Å². The molecule has 0 bridgehead atoms. The molecule has 8 nitrogen and oxygen atoms in total. The maximum Gasteiger partial charge on any atom is 0.407 e. The predicted octanol–water partition coefficient (Wildman–Crippen LogP) is 3.50. The smallest absolute Gasteiger partial charge is 0.407 e. The average molecular weight is 440 g/mol. The van der Waals surface area contributed by atoms with Crippen LogP contribution in [0.4, 0.5) is 9.59 Å². The number of rotatable bonds is 6. The largest absolute Gasteiger partial charge is 0.445 e. The Labute approximate surface area is 187 Å². The van der Waals surface area contributed by atoms with Crippen LogP contribution in [-0.4, -0.2) is 43.3 Å². The Hall–Kier alpha value is -3.10. The van der Waals surface area contributed by atoms with E-state index >= 15 is 0 Å². The quantitative estimate of drug-likeness (QED) is 0.714. The van der Waals surface area contributed by atoms with Crippen LogP contribution in [0, 0.1) is 0 Å². The molecule has 1 aliphatic heterocycles. The zero-order chi connectivity index (χ0) is 22.2. The van der Waals surface area contributed by atoms with Gasteiger partial charge in [-0.25, -0.2) is 9.59 Å². The molecule has 1 heterocycles. The molecule has 2 atom stereocenters. The number of alkyl carbamates (subject to hydrolysis) is 2. The SMILES string of the molecule is O=C(NC1CC2(CC[C@@H]1NC(=O)OCc1ccccc1)OCCO2)OCc1ccccc1. The number of carbonyl (C=O) groups is 2. The Kier molecular flexibility index (Phi) is 7.24. The summed E-state index contributed by atoms with van der Waals surface area (Å²) in [5.41, 5.74) is 1.79. The highest BCUT2D eigenvalue weighted by molar-refractivity contribution is 5.69. The molecule has 2 fully saturated rings. The van der Waals surface area contributed by atoms with Crippen LogP contribution in [0.3, 0.4) is 0 Å². The van der Waals surface area contributed by atoms with E-state index in [1.54, 1.807) is 0 Å². The first kappa shape index (κ1) is 22.1. The normalized spacial score (nSPS) is 21.6. The Bertz CT molecular complexity index is 886. The summed E-state index contributed by atoms with van der Waals surface area (Å²) >= 11 is 0. The van der Waals surface area contributed by atoms with Gasteiger partial charge >= 0.3 is 12.2 Å². The van der Waals surface area contributed by atoms with Crippen molar-refractivity contribution < 1.29 is 28.5 Å². The van der Waals surface area contributed by atoms with E-state index in [1.165, 1.54) is 0 Å². The number of hydrogen-bond acceptors (Lipinski definition) is 6. The summed E-state index contributed by atoms with van der Waals surface area (Å²) < 4.78 is 22.4. The van der Waals surface area contributed by atoms with Crippen LogP contribution in [0.1, 0.15) is 30.4 Å². The van der Waals surface area contributed by atoms with Crippen LogP contribution in [0.2, 0.25) is 0 Å². The summed E-state index contributed by atoms with van der Waals surface area (Å²) in [4.78, 5) is 24.9. The minimum Gasteiger partial charge on any atom is -0.445 e. The average Bonchev–Trinajstić information content (AvgIpc) is 3.27. The van der Waals surface area contributed by atoms with Crippen LogP contribution >= 0.6 is 0 Å². The molecule has 0 aromatic heterocycles. The van der Waals surface area contributed by atoms with Gasteiger partial charge in [0.05, 0.1) is 25.3 Å². The first-order valence-corrected chi connectivity index (χ1v) is 10.8. The Morgan fingerprint density at radius 2 is 1.31 bits per heavy atom. The van der Waals surface area contributed by atoms with Gasteiger partial charge in [-0.2, -0.15) is 0 Å². The van der Waals surface area contributed by atoms with E-state index in [0.717, 1.165) is 11.1 Å². The van der Waals surface area contributed by atoms with Crippen molar-refractivity contribution in [2.24, 2.45) is 0 Å². The van der Waals surface area contributed by atoms with E-state index in [0.29, 0.717) is 32.5 Å². The Balaban J connectivity index is 1.33. The van der Waals surface area contributed by atoms with Crippen molar-refractivity contribution in [3.63, 3.8) is 0 Å². The van der Waals surface area contributed by atoms with Crippen molar-refractivity contribution >= 4 is 12.2 Å². The van der Waals surface area contributed by atoms with Crippen LogP contribution in [0.15, 0.2) is 60.7 Å². The molecule has 1 spiro atoms. The molecule has 1 aliphatic carbocycles. The summed E-state index contributed by atoms with van der Waals surface area (Å²) in [5.74, 6) is -0.733. The first-order chi connectivity index (χ1) is 15.6. The number of ether oxygens (including phenoxy) is 4. The molecule has 2 aromatic carbocycles. The molecule has 0 radical (unpaired) electrons. The number of nitrogens with one attached hydrogen (secondary N) is 2. The highest BCUT2D eigenvalue weighted by atomic mass is 16.7. The lowest BCUT2D eigenvalue weighted by Gasteiger charge is -2.41. The van der Waals surface area contributed by atoms with E-state index in [9.17, 15) is 9.59 Å². The van der Waals surface area contributed by atoms with Gasteiger partial charge in [-0.3, -0.25) is 0 Å². The standard InChI is InChI=1S/C24H28N2O6/c27-22(29-16-18-7-3-1-4-8-18)25-20-11-12-24(31-13-14-32-24)15-21(20)26-23(28)30-17-19-9-5-2-6-10-19/h1-10,20-21H,11-17H2,(H,25,27)(H,26,28)/t20-,21?/m0/s1. The van der Waals surface area contributed by atoms with Crippen molar-refractivity contribution in [2.45, 2.75) is 50.3 Å². The summed E-state index contributed by atoms with van der Waals surface area (Å²) in [5, 5.41) is 5.76. The minimum atomic E-state index is -0.733. The van der Waals surface area contributed by atoms with Gasteiger partial charge in [0.25, 0.3) is 0 Å². The van der Waals surface area contributed by atoms with Crippen molar-refractivity contribution in [3.05, 3.63) is 71.8 Å². The first-order valence-electron chi connectivity index (χ1n) is 10.8. The fraction of sp³-hybridized carbons (Fsp3) is 0.417. The van der Waals surface area contributed by atoms with Crippen molar-refractivity contribution in [3.8, 4) is 0 Å². The van der Waals surface area contributed by atoms with Gasteiger partial charge in [0.2, 0.25) is 0 Å². The summed E-state index contributed by atoms with van der Waals surface area (Å²) in [6.45, 7) is 1.37. The molecule has 32 heavy (non-hydrogen) atoms. The minimum absolute atomic E-state index is 0.161. The molecule has 8 heteroatoms. The topological polar surface area (TPSA) is 95.1 Å². The molecule has 170 valence electrons. The van der Waals surface area contributed by atoms with Crippen LogP contribution < -0.4 is 10.6 Å². The van der Waals surface area contributed by atoms with Crippen LogP contribution in [0.25, 0.3) is 0 Å². The molecule has 2 aromatic rings. The number of benzene rings is 2. The van der Waals surface area contributed by atoms with Crippen molar-refractivity contribution in [2.75, 3.05) is 13.2 Å². The lowest BCUT2D eigenvalue weighted by atomic mass is 9.85. The Morgan fingerprint density at radius 3 is 1.84 bits per heavy atom. The molecular formula is C24H28N2O6. The molecular weight excluding hydrogens is 412 g/mol. The third-order valence-corrected chi connectivity index (χ3v) is 5.70. The maximum absolute atomic E-state index is 12.5. The molecule has 2 aliphatic rings. The van der Waals surface area contributed by atoms with Crippen molar-refractivity contribution in [1.82, 2.24) is 10.6 Å². The highest BCUT2D eigenvalue weighted by Crippen LogP contribution is 2.36. The van der Waals surface area contributed by atoms with Gasteiger partial charge in [0, 0.05) is 12.8 Å². The lowest BCUT2D eigenvalue weighted by Crippen LogP contribution is -2.58. The second kappa shape index (κ2) is 10.5. The fourth-order valence-corrected chi connectivity index (χ4v) is 4.07. The highest BCUT2D eigenvalue weighted by Gasteiger charge is 2.46. The van der Waals surface area contributed by atoms with Gasteiger partial charge in [0.15, 0.2) is 5.79 Å². The zero-order valence-corrected chi connectivity index (χ0v) is 17.8. The molecule has 4 rings (SSSR count). The van der Waals surface area contributed by atoms with E-state index < -0.39 is 24.0 Å². The summed E-state index contributed by atoms with van der Waals surface area (Å²) in [7, 11) is 0. The number of carbonyl (C=O) groups excluding carboxylic acids is 2. The molecule has 2 amide bonds. The maximum atomic E-state index is 12.5. The molecule has 1 saturated heterocycles. The monoisotopic (exact) mass is 440 g/mol. The second-order valence-corrected chi connectivity index (χ2v) is 7.98. The molecule has 1 unspecified atom stereocenters. The fourth-order valence-electron chi connectivity index (χ4n) is 4.07. The third kappa shape index (κ3) is 5.99. The zero-order valence-electron chi connectivity index (χ0n) is 17.8.